The fourth-order valence-corrected chi connectivity index (χ4v) is 1.72. The van der Waals surface area contributed by atoms with E-state index in [2.05, 4.69) is 10.3 Å². The number of nitrogens with one attached hydrogen (secondary N) is 1. The Labute approximate surface area is 111 Å². The van der Waals surface area contributed by atoms with E-state index in [0.717, 1.165) is 16.8 Å². The standard InChI is InChI=1S/C14H17N3O2/c1-9-4-3-5-11(10(9)2)17-14(18)12-8-16-13(19-12)6-7-15/h3-5,8H,6-7,15H2,1-2H3,(H,17,18). The average Bonchev–Trinajstić information content (AvgIpc) is 2.84. The maximum absolute atomic E-state index is 12.0. The third kappa shape index (κ3) is 3.00. The highest BCUT2D eigenvalue weighted by molar-refractivity contribution is 6.02. The number of nitrogens with zero attached hydrogens (tertiary/aromatic N) is 1. The molecule has 0 saturated heterocycles. The minimum Gasteiger partial charge on any atom is -0.435 e. The van der Waals surface area contributed by atoms with E-state index in [1.807, 2.05) is 32.0 Å². The Balaban J connectivity index is 2.14. The molecule has 5 heteroatoms. The summed E-state index contributed by atoms with van der Waals surface area (Å²) in [6.07, 6.45) is 1.95. The van der Waals surface area contributed by atoms with E-state index in [-0.39, 0.29) is 11.7 Å². The molecule has 1 aromatic carbocycles. The van der Waals surface area contributed by atoms with Crippen molar-refractivity contribution in [1.29, 1.82) is 0 Å². The summed E-state index contributed by atoms with van der Waals surface area (Å²) < 4.78 is 5.33. The molecule has 1 amide bonds. The summed E-state index contributed by atoms with van der Waals surface area (Å²) in [5.74, 6) is 0.377. The van der Waals surface area contributed by atoms with Crippen molar-refractivity contribution in [2.24, 2.45) is 5.73 Å². The second-order valence-electron chi connectivity index (χ2n) is 4.36. The quantitative estimate of drug-likeness (QED) is 0.880. The molecule has 1 heterocycles. The van der Waals surface area contributed by atoms with Crippen LogP contribution in [0.5, 0.6) is 0 Å². The van der Waals surface area contributed by atoms with E-state index in [1.54, 1.807) is 0 Å². The molecule has 0 radical (unpaired) electrons. The number of hydrogen-bond donors (Lipinski definition) is 2. The molecule has 0 saturated carbocycles. The van der Waals surface area contributed by atoms with Crippen LogP contribution in [0, 0.1) is 13.8 Å². The predicted molar refractivity (Wildman–Crippen MR) is 73.1 cm³/mol. The highest BCUT2D eigenvalue weighted by Gasteiger charge is 2.13. The van der Waals surface area contributed by atoms with Crippen LogP contribution in [0.2, 0.25) is 0 Å². The van der Waals surface area contributed by atoms with Crippen LogP contribution in [-0.4, -0.2) is 17.4 Å². The molecule has 0 atom stereocenters. The van der Waals surface area contributed by atoms with Gasteiger partial charge in [-0.05, 0) is 31.0 Å². The minimum atomic E-state index is -0.301. The molecule has 0 aliphatic heterocycles. The zero-order valence-corrected chi connectivity index (χ0v) is 11.1. The molecule has 2 aromatic rings. The molecule has 3 N–H and O–H groups in total. The van der Waals surface area contributed by atoms with E-state index in [0.29, 0.717) is 18.9 Å². The van der Waals surface area contributed by atoms with Crippen LogP contribution in [0.3, 0.4) is 0 Å². The lowest BCUT2D eigenvalue weighted by molar-refractivity contribution is 0.0995. The molecule has 0 aliphatic rings. The van der Waals surface area contributed by atoms with Crippen molar-refractivity contribution in [2.45, 2.75) is 20.3 Å². The van der Waals surface area contributed by atoms with Crippen molar-refractivity contribution >= 4 is 11.6 Å². The molecule has 0 aliphatic carbocycles. The molecular formula is C14H17N3O2. The van der Waals surface area contributed by atoms with Gasteiger partial charge in [0.05, 0.1) is 6.20 Å². The van der Waals surface area contributed by atoms with Crippen molar-refractivity contribution in [3.05, 3.63) is 47.2 Å². The molecule has 5 nitrogen and oxygen atoms in total. The molecule has 0 spiro atoms. The van der Waals surface area contributed by atoms with Crippen LogP contribution < -0.4 is 11.1 Å². The Kier molecular flexibility index (Phi) is 3.97. The number of oxazole rings is 1. The number of carbonyl (C=O) groups is 1. The van der Waals surface area contributed by atoms with E-state index in [1.165, 1.54) is 6.20 Å². The summed E-state index contributed by atoms with van der Waals surface area (Å²) in [5, 5.41) is 2.82. The van der Waals surface area contributed by atoms with Crippen LogP contribution in [0.25, 0.3) is 0 Å². The van der Waals surface area contributed by atoms with Gasteiger partial charge in [0, 0.05) is 18.7 Å². The third-order valence-corrected chi connectivity index (χ3v) is 2.99. The zero-order valence-electron chi connectivity index (χ0n) is 11.1. The van der Waals surface area contributed by atoms with Gasteiger partial charge in [0.1, 0.15) is 0 Å². The Hall–Kier alpha value is -2.14. The Bertz CT molecular complexity index is 590. The average molecular weight is 259 g/mol. The molecule has 0 fully saturated rings. The molecule has 19 heavy (non-hydrogen) atoms. The highest BCUT2D eigenvalue weighted by atomic mass is 16.4. The van der Waals surface area contributed by atoms with E-state index >= 15 is 0 Å². The number of anilines is 1. The summed E-state index contributed by atoms with van der Waals surface area (Å²) in [7, 11) is 0. The van der Waals surface area contributed by atoms with Crippen molar-refractivity contribution in [3.63, 3.8) is 0 Å². The monoisotopic (exact) mass is 259 g/mol. The Morgan fingerprint density at radius 1 is 1.42 bits per heavy atom. The van der Waals surface area contributed by atoms with Crippen LogP contribution in [-0.2, 0) is 6.42 Å². The Morgan fingerprint density at radius 2 is 2.21 bits per heavy atom. The van der Waals surface area contributed by atoms with Gasteiger partial charge in [-0.1, -0.05) is 12.1 Å². The number of carbonyl (C=O) groups excluding carboxylic acids is 1. The summed E-state index contributed by atoms with van der Waals surface area (Å²) in [6.45, 7) is 4.41. The molecule has 1 aromatic heterocycles. The van der Waals surface area contributed by atoms with E-state index in [4.69, 9.17) is 10.2 Å². The largest absolute Gasteiger partial charge is 0.435 e. The first-order chi connectivity index (χ1) is 9.11. The first kappa shape index (κ1) is 13.3. The maximum Gasteiger partial charge on any atom is 0.293 e. The number of aryl methyl sites for hydroxylation is 1. The lowest BCUT2D eigenvalue weighted by atomic mass is 10.1. The molecule has 100 valence electrons. The second-order valence-corrected chi connectivity index (χ2v) is 4.36. The van der Waals surface area contributed by atoms with Gasteiger partial charge in [0.15, 0.2) is 5.89 Å². The van der Waals surface area contributed by atoms with Crippen LogP contribution in [0.15, 0.2) is 28.8 Å². The second kappa shape index (κ2) is 5.67. The summed E-state index contributed by atoms with van der Waals surface area (Å²) >= 11 is 0. The van der Waals surface area contributed by atoms with Gasteiger partial charge in [0.2, 0.25) is 5.76 Å². The van der Waals surface area contributed by atoms with Gasteiger partial charge in [-0.3, -0.25) is 4.79 Å². The van der Waals surface area contributed by atoms with Gasteiger partial charge in [-0.2, -0.15) is 0 Å². The lowest BCUT2D eigenvalue weighted by Crippen LogP contribution is -2.12. The normalized spacial score (nSPS) is 10.5. The number of hydrogen-bond acceptors (Lipinski definition) is 4. The van der Waals surface area contributed by atoms with Gasteiger partial charge < -0.3 is 15.5 Å². The van der Waals surface area contributed by atoms with Gasteiger partial charge in [0.25, 0.3) is 5.91 Å². The number of benzene rings is 1. The summed E-state index contributed by atoms with van der Waals surface area (Å²) in [5.41, 5.74) is 8.35. The molecule has 2 rings (SSSR count). The summed E-state index contributed by atoms with van der Waals surface area (Å²) in [6, 6.07) is 5.76. The lowest BCUT2D eigenvalue weighted by Gasteiger charge is -2.08. The zero-order chi connectivity index (χ0) is 13.8. The fraction of sp³-hybridized carbons (Fsp3) is 0.286. The van der Waals surface area contributed by atoms with Crippen molar-refractivity contribution in [1.82, 2.24) is 4.98 Å². The van der Waals surface area contributed by atoms with E-state index < -0.39 is 0 Å². The van der Waals surface area contributed by atoms with Gasteiger partial charge >= 0.3 is 0 Å². The fourth-order valence-electron chi connectivity index (χ4n) is 1.72. The number of nitrogens with two attached hydrogens (primary N) is 1. The van der Waals surface area contributed by atoms with Gasteiger partial charge in [-0.25, -0.2) is 4.98 Å². The van der Waals surface area contributed by atoms with Crippen LogP contribution >= 0.6 is 0 Å². The van der Waals surface area contributed by atoms with E-state index in [9.17, 15) is 4.79 Å². The maximum atomic E-state index is 12.0. The van der Waals surface area contributed by atoms with Crippen LogP contribution in [0.4, 0.5) is 5.69 Å². The first-order valence-electron chi connectivity index (χ1n) is 6.14. The SMILES string of the molecule is Cc1cccc(NC(=O)c2cnc(CCN)o2)c1C. The topological polar surface area (TPSA) is 81.2 Å². The number of amides is 1. The molecule has 0 unspecified atom stereocenters. The molecule has 0 bridgehead atoms. The van der Waals surface area contributed by atoms with Crippen molar-refractivity contribution < 1.29 is 9.21 Å². The van der Waals surface area contributed by atoms with Crippen LogP contribution in [0.1, 0.15) is 27.6 Å². The number of rotatable bonds is 4. The highest BCUT2D eigenvalue weighted by Crippen LogP contribution is 2.19. The summed E-state index contributed by atoms with van der Waals surface area (Å²) in [4.78, 5) is 16.0. The smallest absolute Gasteiger partial charge is 0.293 e. The van der Waals surface area contributed by atoms with Gasteiger partial charge in [-0.15, -0.1) is 0 Å². The molecular weight excluding hydrogens is 242 g/mol. The minimum absolute atomic E-state index is 0.198. The third-order valence-electron chi connectivity index (χ3n) is 2.99. The van der Waals surface area contributed by atoms with Crippen molar-refractivity contribution in [2.75, 3.05) is 11.9 Å². The first-order valence-corrected chi connectivity index (χ1v) is 6.14. The predicted octanol–water partition coefficient (Wildman–Crippen LogP) is 2.04. The van der Waals surface area contributed by atoms with Crippen molar-refractivity contribution in [3.8, 4) is 0 Å². The Morgan fingerprint density at radius 3 is 2.95 bits per heavy atom. The number of aromatic nitrogens is 1.